The van der Waals surface area contributed by atoms with Crippen molar-refractivity contribution in [1.29, 1.82) is 0 Å². The molecule has 0 heterocycles. The minimum atomic E-state index is -0.696. The minimum absolute atomic E-state index is 0. The fraction of sp³-hybridized carbons (Fsp3) is 0.200. The minimum Gasteiger partial charge on any atom is -0.358 e. The van der Waals surface area contributed by atoms with Crippen LogP contribution in [-0.2, 0) is 17.1 Å². The molecule has 7 rings (SSSR count). The Kier molecular flexibility index (Phi) is 16.9. The van der Waals surface area contributed by atoms with E-state index in [4.69, 9.17) is 0 Å². The Labute approximate surface area is 310 Å². The van der Waals surface area contributed by atoms with E-state index in [1.807, 2.05) is 0 Å². The molecule has 5 aromatic carbocycles. The van der Waals surface area contributed by atoms with Gasteiger partial charge in [0.25, 0.3) is 0 Å². The SMILES string of the molecule is C1=CCCC1.CN(C)C(c1ccccc1P(c1ccccc1)c1ccccc1)[C@H]1CCC=C1P(c1ccccc1)c1ccccc1.[CH3-].[CH3-].[Fe+2]. The van der Waals surface area contributed by atoms with E-state index in [2.05, 4.69) is 183 Å². The smallest absolute Gasteiger partial charge is 0.358 e. The van der Waals surface area contributed by atoms with Crippen molar-refractivity contribution in [2.45, 2.75) is 38.1 Å². The fourth-order valence-corrected chi connectivity index (χ4v) is 12.1. The van der Waals surface area contributed by atoms with E-state index in [-0.39, 0.29) is 38.0 Å². The van der Waals surface area contributed by atoms with Crippen LogP contribution in [0.3, 0.4) is 0 Å². The molecule has 0 amide bonds. The first kappa shape index (κ1) is 40.3. The van der Waals surface area contributed by atoms with Gasteiger partial charge in [-0.15, -0.1) is 0 Å². The van der Waals surface area contributed by atoms with Gasteiger partial charge in [-0.25, -0.2) is 0 Å². The summed E-state index contributed by atoms with van der Waals surface area (Å²) in [4.78, 5) is 2.48. The molecular formula is C45H51FeNP2. The van der Waals surface area contributed by atoms with E-state index < -0.39 is 15.8 Å². The standard InChI is InChI=1S/C38H37NP2.C5H8.2CH3.Fe/c1-39(2)38(35-27-17-29-37(35)41(32-22-11-5-12-23-32)33-24-13-6-14-25-33)34-26-15-16-28-36(34)40(30-18-7-3-8-19-30)31-20-9-4-10-21-31;1-2-4-5-3-1;;;/h3-16,18-26,28-29,35,38H,17,27H2,1-2H3;1-2H,3-5H2;2*1H3;/q;;2*-1;+2/t35-,38?;;;;/m0..../s1. The maximum absolute atomic E-state index is 2.58. The molecule has 2 aliphatic carbocycles. The molecular weight excluding hydrogens is 672 g/mol. The Morgan fingerprint density at radius 1 is 0.531 bits per heavy atom. The summed E-state index contributed by atoms with van der Waals surface area (Å²) in [5, 5.41) is 8.76. The molecule has 4 heteroatoms. The van der Waals surface area contributed by atoms with Crippen molar-refractivity contribution >= 4 is 42.4 Å². The van der Waals surface area contributed by atoms with Crippen LogP contribution in [0.1, 0.15) is 43.7 Å². The molecule has 0 fully saturated rings. The molecule has 0 aromatic heterocycles. The first-order chi connectivity index (χ1) is 22.7. The van der Waals surface area contributed by atoms with Crippen LogP contribution in [0, 0.1) is 20.8 Å². The van der Waals surface area contributed by atoms with Crippen LogP contribution in [0.4, 0.5) is 0 Å². The van der Waals surface area contributed by atoms with Gasteiger partial charge in [-0.2, -0.15) is 0 Å². The zero-order valence-electron chi connectivity index (χ0n) is 29.5. The fourth-order valence-electron chi connectivity index (χ4n) is 6.85. The Morgan fingerprint density at radius 2 is 0.939 bits per heavy atom. The van der Waals surface area contributed by atoms with E-state index in [1.165, 1.54) is 57.8 Å². The molecule has 0 N–H and O–H groups in total. The van der Waals surface area contributed by atoms with Gasteiger partial charge in [0.1, 0.15) is 0 Å². The van der Waals surface area contributed by atoms with Crippen LogP contribution in [0.25, 0.3) is 0 Å². The number of hydrogen-bond donors (Lipinski definition) is 0. The summed E-state index contributed by atoms with van der Waals surface area (Å²) in [5.74, 6) is 0.445. The van der Waals surface area contributed by atoms with Crippen LogP contribution in [0.5, 0.6) is 0 Å². The third kappa shape index (κ3) is 10.0. The number of nitrogens with zero attached hydrogens (tertiary/aromatic N) is 1. The number of benzene rings is 5. The molecule has 2 aliphatic rings. The number of rotatable bonds is 9. The summed E-state index contributed by atoms with van der Waals surface area (Å²) in [7, 11) is 3.24. The normalized spacial score (nSPS) is 15.4. The summed E-state index contributed by atoms with van der Waals surface area (Å²) < 4.78 is 0. The molecule has 0 spiro atoms. The van der Waals surface area contributed by atoms with Crippen molar-refractivity contribution in [3.05, 3.63) is 190 Å². The predicted octanol–water partition coefficient (Wildman–Crippen LogP) is 10.1. The second-order valence-corrected chi connectivity index (χ2v) is 16.6. The van der Waals surface area contributed by atoms with Crippen LogP contribution in [0.15, 0.2) is 169 Å². The topological polar surface area (TPSA) is 3.24 Å². The van der Waals surface area contributed by atoms with Gasteiger partial charge in [-0.05, 0) is 99.4 Å². The van der Waals surface area contributed by atoms with Gasteiger partial charge >= 0.3 is 17.1 Å². The molecule has 2 atom stereocenters. The van der Waals surface area contributed by atoms with Gasteiger partial charge in [0.05, 0.1) is 0 Å². The average Bonchev–Trinajstić information content (AvgIpc) is 3.85. The predicted molar refractivity (Wildman–Crippen MR) is 217 cm³/mol. The van der Waals surface area contributed by atoms with Crippen molar-refractivity contribution < 1.29 is 17.1 Å². The van der Waals surface area contributed by atoms with E-state index in [1.54, 1.807) is 5.31 Å². The molecule has 1 unspecified atom stereocenters. The monoisotopic (exact) mass is 723 g/mol. The summed E-state index contributed by atoms with van der Waals surface area (Å²) in [5.41, 5.74) is 1.46. The molecule has 5 aromatic rings. The third-order valence-corrected chi connectivity index (χ3v) is 14.0. The van der Waals surface area contributed by atoms with E-state index in [9.17, 15) is 0 Å². The molecule has 254 valence electrons. The van der Waals surface area contributed by atoms with Crippen molar-refractivity contribution in [2.75, 3.05) is 14.1 Å². The maximum atomic E-state index is 2.58. The van der Waals surface area contributed by atoms with E-state index in [0.717, 1.165) is 6.42 Å². The largest absolute Gasteiger partial charge is 2.00 e. The first-order valence-electron chi connectivity index (χ1n) is 16.6. The van der Waals surface area contributed by atoms with Gasteiger partial charge in [0, 0.05) is 12.0 Å². The zero-order chi connectivity index (χ0) is 31.6. The number of allylic oxidation sites excluding steroid dienone is 3. The van der Waals surface area contributed by atoms with Gasteiger partial charge in [0.15, 0.2) is 0 Å². The summed E-state index contributed by atoms with van der Waals surface area (Å²) in [6.07, 6.45) is 13.4. The Balaban J connectivity index is 0.000000748. The van der Waals surface area contributed by atoms with Crippen LogP contribution in [0.2, 0.25) is 0 Å². The second kappa shape index (κ2) is 20.6. The van der Waals surface area contributed by atoms with Gasteiger partial charge in [0.2, 0.25) is 0 Å². The maximum Gasteiger partial charge on any atom is 2.00 e. The Morgan fingerprint density at radius 3 is 1.35 bits per heavy atom. The summed E-state index contributed by atoms with van der Waals surface area (Å²) >= 11 is 0. The van der Waals surface area contributed by atoms with Crippen LogP contribution >= 0.6 is 15.8 Å². The second-order valence-electron chi connectivity index (χ2n) is 12.2. The Bertz CT molecular complexity index is 1620. The van der Waals surface area contributed by atoms with Gasteiger partial charge in [-0.3, -0.25) is 0 Å². The Hall–Kier alpha value is -3.08. The van der Waals surface area contributed by atoms with Crippen molar-refractivity contribution in [2.24, 2.45) is 5.92 Å². The van der Waals surface area contributed by atoms with E-state index >= 15 is 0 Å². The quantitative estimate of drug-likeness (QED) is 0.0634. The summed E-state index contributed by atoms with van der Waals surface area (Å²) in [6, 6.07) is 54.2. The van der Waals surface area contributed by atoms with Gasteiger partial charge < -0.3 is 19.8 Å². The van der Waals surface area contributed by atoms with Crippen LogP contribution < -0.4 is 26.5 Å². The molecule has 1 nitrogen and oxygen atoms in total. The van der Waals surface area contributed by atoms with Crippen LogP contribution in [-0.4, -0.2) is 19.0 Å². The van der Waals surface area contributed by atoms with Gasteiger partial charge in [-0.1, -0.05) is 164 Å². The average molecular weight is 724 g/mol. The van der Waals surface area contributed by atoms with Crippen molar-refractivity contribution in [1.82, 2.24) is 4.90 Å². The molecule has 49 heavy (non-hydrogen) atoms. The molecule has 0 saturated heterocycles. The van der Waals surface area contributed by atoms with Crippen molar-refractivity contribution in [3.8, 4) is 0 Å². The molecule has 0 saturated carbocycles. The first-order valence-corrected chi connectivity index (χ1v) is 19.3. The third-order valence-electron chi connectivity index (χ3n) is 8.87. The van der Waals surface area contributed by atoms with Crippen molar-refractivity contribution in [3.63, 3.8) is 0 Å². The van der Waals surface area contributed by atoms with E-state index in [0.29, 0.717) is 5.92 Å². The zero-order valence-corrected chi connectivity index (χ0v) is 32.4. The summed E-state index contributed by atoms with van der Waals surface area (Å²) in [6.45, 7) is 0. The molecule has 0 bridgehead atoms. The number of hydrogen-bond acceptors (Lipinski definition) is 1. The molecule has 0 radical (unpaired) electrons. The molecule has 0 aliphatic heterocycles.